The minimum absolute atomic E-state index is 0.109. The summed E-state index contributed by atoms with van der Waals surface area (Å²) in [6, 6.07) is 17.7. The van der Waals surface area contributed by atoms with E-state index in [1.165, 1.54) is 17.3 Å². The molecule has 0 bridgehead atoms. The fourth-order valence-electron chi connectivity index (χ4n) is 1.53. The van der Waals surface area contributed by atoms with Gasteiger partial charge in [-0.3, -0.25) is 4.79 Å². The maximum absolute atomic E-state index is 11.6. The Kier molecular flexibility index (Phi) is 5.38. The summed E-state index contributed by atoms with van der Waals surface area (Å²) in [4.78, 5) is 12.7. The number of nitrogens with one attached hydrogen (secondary N) is 1. The molecule has 2 aromatic rings. The molecule has 20 heavy (non-hydrogen) atoms. The highest BCUT2D eigenvalue weighted by Gasteiger charge is 2.01. The molecular formula is C16H16N2OS. The van der Waals surface area contributed by atoms with E-state index in [0.717, 1.165) is 10.5 Å². The Morgan fingerprint density at radius 3 is 2.55 bits per heavy atom. The van der Waals surface area contributed by atoms with Crippen LogP contribution in [0.25, 0.3) is 0 Å². The second kappa shape index (κ2) is 7.50. The van der Waals surface area contributed by atoms with E-state index in [1.54, 1.807) is 6.21 Å². The van der Waals surface area contributed by atoms with E-state index in [2.05, 4.69) is 10.5 Å². The van der Waals surface area contributed by atoms with Gasteiger partial charge >= 0.3 is 0 Å². The van der Waals surface area contributed by atoms with Crippen LogP contribution in [0.3, 0.4) is 0 Å². The highest BCUT2D eigenvalue weighted by molar-refractivity contribution is 8.00. The lowest BCUT2D eigenvalue weighted by molar-refractivity contribution is -0.118. The fraction of sp³-hybridized carbons (Fsp3) is 0.125. The largest absolute Gasteiger partial charge is 0.272 e. The van der Waals surface area contributed by atoms with Crippen molar-refractivity contribution in [3.05, 3.63) is 65.7 Å². The van der Waals surface area contributed by atoms with Crippen LogP contribution >= 0.6 is 11.8 Å². The smallest absolute Gasteiger partial charge is 0.250 e. The van der Waals surface area contributed by atoms with E-state index in [0.29, 0.717) is 5.75 Å². The van der Waals surface area contributed by atoms with Gasteiger partial charge in [0.15, 0.2) is 0 Å². The van der Waals surface area contributed by atoms with Crippen molar-refractivity contribution in [3.8, 4) is 0 Å². The van der Waals surface area contributed by atoms with Crippen LogP contribution in [-0.2, 0) is 4.79 Å². The van der Waals surface area contributed by atoms with Crippen LogP contribution in [0.2, 0.25) is 0 Å². The first-order valence-electron chi connectivity index (χ1n) is 6.30. The fourth-order valence-corrected chi connectivity index (χ4v) is 2.22. The first kappa shape index (κ1) is 14.3. The highest BCUT2D eigenvalue weighted by atomic mass is 32.2. The summed E-state index contributed by atoms with van der Waals surface area (Å²) in [5.41, 5.74) is 4.69. The van der Waals surface area contributed by atoms with Crippen molar-refractivity contribution in [2.45, 2.75) is 11.8 Å². The van der Waals surface area contributed by atoms with Gasteiger partial charge in [0.25, 0.3) is 0 Å². The number of nitrogens with zero attached hydrogens (tertiary/aromatic N) is 1. The second-order valence-electron chi connectivity index (χ2n) is 4.31. The van der Waals surface area contributed by atoms with E-state index in [4.69, 9.17) is 0 Å². The minimum atomic E-state index is -0.109. The first-order chi connectivity index (χ1) is 9.74. The van der Waals surface area contributed by atoms with Gasteiger partial charge in [-0.2, -0.15) is 5.10 Å². The maximum Gasteiger partial charge on any atom is 0.250 e. The van der Waals surface area contributed by atoms with Gasteiger partial charge in [0.2, 0.25) is 5.91 Å². The topological polar surface area (TPSA) is 41.5 Å². The summed E-state index contributed by atoms with van der Waals surface area (Å²) in [6.07, 6.45) is 1.63. The maximum atomic E-state index is 11.6. The summed E-state index contributed by atoms with van der Waals surface area (Å²) in [7, 11) is 0. The van der Waals surface area contributed by atoms with Crippen molar-refractivity contribution in [1.29, 1.82) is 0 Å². The number of benzene rings is 2. The Morgan fingerprint density at radius 2 is 1.85 bits per heavy atom. The van der Waals surface area contributed by atoms with Gasteiger partial charge < -0.3 is 0 Å². The van der Waals surface area contributed by atoms with Crippen molar-refractivity contribution >= 4 is 23.9 Å². The number of carbonyl (C=O) groups is 1. The second-order valence-corrected chi connectivity index (χ2v) is 5.35. The van der Waals surface area contributed by atoms with Gasteiger partial charge in [0, 0.05) is 4.90 Å². The van der Waals surface area contributed by atoms with E-state index in [9.17, 15) is 4.79 Å². The molecular weight excluding hydrogens is 268 g/mol. The number of aryl methyl sites for hydroxylation is 1. The molecule has 0 unspecified atom stereocenters. The van der Waals surface area contributed by atoms with Crippen LogP contribution in [0.5, 0.6) is 0 Å². The van der Waals surface area contributed by atoms with E-state index >= 15 is 0 Å². The molecule has 0 heterocycles. The predicted molar refractivity (Wildman–Crippen MR) is 84.1 cm³/mol. The number of carbonyl (C=O) groups excluding carboxylic acids is 1. The monoisotopic (exact) mass is 284 g/mol. The van der Waals surface area contributed by atoms with Crippen molar-refractivity contribution in [2.24, 2.45) is 5.10 Å². The molecule has 0 atom stereocenters. The molecule has 3 nitrogen and oxygen atoms in total. The molecule has 4 heteroatoms. The van der Waals surface area contributed by atoms with Crippen molar-refractivity contribution < 1.29 is 4.79 Å². The number of amides is 1. The summed E-state index contributed by atoms with van der Waals surface area (Å²) < 4.78 is 0. The predicted octanol–water partition coefficient (Wildman–Crippen LogP) is 3.24. The third-order valence-corrected chi connectivity index (χ3v) is 3.61. The molecule has 0 radical (unpaired) electrons. The molecule has 0 aromatic heterocycles. The Morgan fingerprint density at radius 1 is 1.15 bits per heavy atom. The Bertz CT molecular complexity index is 579. The van der Waals surface area contributed by atoms with Crippen LogP contribution < -0.4 is 5.43 Å². The zero-order valence-electron chi connectivity index (χ0n) is 11.2. The SMILES string of the molecule is Cc1ccc(SCC(=O)N/N=C\c2ccccc2)cc1. The first-order valence-corrected chi connectivity index (χ1v) is 7.29. The molecule has 0 aliphatic carbocycles. The summed E-state index contributed by atoms with van der Waals surface area (Å²) in [6.45, 7) is 2.04. The lowest BCUT2D eigenvalue weighted by Gasteiger charge is -2.01. The van der Waals surface area contributed by atoms with Gasteiger partial charge in [0.1, 0.15) is 0 Å². The van der Waals surface area contributed by atoms with Crippen LogP contribution in [0.4, 0.5) is 0 Å². The summed E-state index contributed by atoms with van der Waals surface area (Å²) in [5.74, 6) is 0.248. The molecule has 0 saturated heterocycles. The molecule has 2 aromatic carbocycles. The number of hydrogen-bond donors (Lipinski definition) is 1. The standard InChI is InChI=1S/C16H16N2OS/c1-13-7-9-15(10-8-13)20-12-16(19)18-17-11-14-5-3-2-4-6-14/h2-11H,12H2,1H3,(H,18,19)/b17-11-. The Hall–Kier alpha value is -2.07. The normalized spacial score (nSPS) is 10.7. The van der Waals surface area contributed by atoms with Crippen molar-refractivity contribution in [2.75, 3.05) is 5.75 Å². The lowest BCUT2D eigenvalue weighted by atomic mass is 10.2. The molecule has 0 aliphatic heterocycles. The minimum Gasteiger partial charge on any atom is -0.272 e. The van der Waals surface area contributed by atoms with Gasteiger partial charge in [-0.25, -0.2) is 5.43 Å². The van der Waals surface area contributed by atoms with Gasteiger partial charge in [-0.15, -0.1) is 11.8 Å². The number of hydrogen-bond acceptors (Lipinski definition) is 3. The van der Waals surface area contributed by atoms with Gasteiger partial charge in [-0.05, 0) is 24.6 Å². The zero-order valence-corrected chi connectivity index (χ0v) is 12.1. The average molecular weight is 284 g/mol. The molecule has 102 valence electrons. The third-order valence-electron chi connectivity index (χ3n) is 2.59. The number of rotatable bonds is 5. The molecule has 0 spiro atoms. The van der Waals surface area contributed by atoms with Crippen LogP contribution in [0.15, 0.2) is 64.6 Å². The Labute approximate surface area is 123 Å². The molecule has 1 amide bonds. The van der Waals surface area contributed by atoms with Gasteiger partial charge in [-0.1, -0.05) is 48.0 Å². The number of thioether (sulfide) groups is 1. The quantitative estimate of drug-likeness (QED) is 0.520. The average Bonchev–Trinajstić information content (AvgIpc) is 2.48. The molecule has 0 aliphatic rings. The third kappa shape index (κ3) is 4.90. The Balaban J connectivity index is 1.76. The molecule has 0 fully saturated rings. The summed E-state index contributed by atoms with van der Waals surface area (Å²) in [5, 5.41) is 3.93. The number of hydrazone groups is 1. The van der Waals surface area contributed by atoms with E-state index in [-0.39, 0.29) is 5.91 Å². The highest BCUT2D eigenvalue weighted by Crippen LogP contribution is 2.17. The van der Waals surface area contributed by atoms with Crippen LogP contribution in [0, 0.1) is 6.92 Å². The van der Waals surface area contributed by atoms with Crippen LogP contribution in [0.1, 0.15) is 11.1 Å². The molecule has 1 N–H and O–H groups in total. The van der Waals surface area contributed by atoms with E-state index in [1.807, 2.05) is 61.5 Å². The molecule has 2 rings (SSSR count). The van der Waals surface area contributed by atoms with E-state index < -0.39 is 0 Å². The van der Waals surface area contributed by atoms with Crippen LogP contribution in [-0.4, -0.2) is 17.9 Å². The lowest BCUT2D eigenvalue weighted by Crippen LogP contribution is -2.19. The summed E-state index contributed by atoms with van der Waals surface area (Å²) >= 11 is 1.50. The van der Waals surface area contributed by atoms with Crippen molar-refractivity contribution in [1.82, 2.24) is 5.43 Å². The van der Waals surface area contributed by atoms with Gasteiger partial charge in [0.05, 0.1) is 12.0 Å². The van der Waals surface area contributed by atoms with Crippen molar-refractivity contribution in [3.63, 3.8) is 0 Å². The zero-order chi connectivity index (χ0) is 14.2. The molecule has 0 saturated carbocycles.